The number of aromatic nitrogens is 1. The first-order chi connectivity index (χ1) is 11.5. The molecule has 2 aromatic heterocycles. The summed E-state index contributed by atoms with van der Waals surface area (Å²) in [6.45, 7) is 4.11. The lowest BCUT2D eigenvalue weighted by Crippen LogP contribution is -2.49. The highest BCUT2D eigenvalue weighted by Crippen LogP contribution is 2.32. The number of aliphatic hydroxyl groups is 1. The fourth-order valence-electron chi connectivity index (χ4n) is 3.12. The Labute approximate surface area is 147 Å². The van der Waals surface area contributed by atoms with E-state index < -0.39 is 5.54 Å². The molecule has 0 atom stereocenters. The summed E-state index contributed by atoms with van der Waals surface area (Å²) in [5.74, 6) is 0.00727. The number of hydrogen-bond acceptors (Lipinski definition) is 4. The minimum Gasteiger partial charge on any atom is -0.394 e. The summed E-state index contributed by atoms with van der Waals surface area (Å²) in [5.41, 5.74) is 2.74. The third-order valence-corrected chi connectivity index (χ3v) is 5.77. The van der Waals surface area contributed by atoms with E-state index in [1.165, 1.54) is 17.5 Å². The monoisotopic (exact) mass is 344 g/mol. The Balaban J connectivity index is 1.93. The molecule has 5 heteroatoms. The van der Waals surface area contributed by atoms with Gasteiger partial charge in [0.1, 0.15) is 0 Å². The standard InChI is InChI=1S/C19H24N2O2S/c1-19(2,13-22)21(11-15-8-5-6-10-20-15)18(23)17-16-9-4-3-7-14(16)12-24-17/h5-6,8,10,12,22H,3-4,7,9,11,13H2,1-2H3. The van der Waals surface area contributed by atoms with Gasteiger partial charge in [-0.2, -0.15) is 0 Å². The molecule has 0 fully saturated rings. The van der Waals surface area contributed by atoms with Crippen LogP contribution in [-0.4, -0.2) is 33.0 Å². The third-order valence-electron chi connectivity index (χ3n) is 4.71. The largest absolute Gasteiger partial charge is 0.394 e. The number of pyridine rings is 1. The SMILES string of the molecule is CC(C)(CO)N(Cc1ccccn1)C(=O)c1scc2c1CCCC2. The Hall–Kier alpha value is -1.72. The topological polar surface area (TPSA) is 53.4 Å². The molecule has 0 spiro atoms. The smallest absolute Gasteiger partial charge is 0.265 e. The highest BCUT2D eigenvalue weighted by atomic mass is 32.1. The lowest BCUT2D eigenvalue weighted by atomic mass is 9.93. The molecule has 3 rings (SSSR count). The molecule has 24 heavy (non-hydrogen) atoms. The van der Waals surface area contributed by atoms with E-state index in [0.29, 0.717) is 6.54 Å². The van der Waals surface area contributed by atoms with Gasteiger partial charge in [-0.3, -0.25) is 9.78 Å². The number of aliphatic hydroxyl groups excluding tert-OH is 1. The first-order valence-corrected chi connectivity index (χ1v) is 9.33. The predicted octanol–water partition coefficient (Wildman–Crippen LogP) is 3.44. The maximum Gasteiger partial charge on any atom is 0.265 e. The Kier molecular flexibility index (Phi) is 5.01. The molecular weight excluding hydrogens is 320 g/mol. The fraction of sp³-hybridized carbons (Fsp3) is 0.474. The lowest BCUT2D eigenvalue weighted by Gasteiger charge is -2.37. The first kappa shape index (κ1) is 17.1. The van der Waals surface area contributed by atoms with Crippen LogP contribution in [0.2, 0.25) is 0 Å². The van der Waals surface area contributed by atoms with Gasteiger partial charge in [0, 0.05) is 6.20 Å². The summed E-state index contributed by atoms with van der Waals surface area (Å²) in [7, 11) is 0. The average molecular weight is 344 g/mol. The van der Waals surface area contributed by atoms with Crippen molar-refractivity contribution in [2.75, 3.05) is 6.61 Å². The third kappa shape index (κ3) is 3.37. The second kappa shape index (κ2) is 7.03. The molecule has 4 nitrogen and oxygen atoms in total. The molecule has 2 aromatic rings. The summed E-state index contributed by atoms with van der Waals surface area (Å²) in [5, 5.41) is 11.9. The van der Waals surface area contributed by atoms with Crippen molar-refractivity contribution in [3.05, 3.63) is 51.5 Å². The van der Waals surface area contributed by atoms with Crippen molar-refractivity contribution in [1.82, 2.24) is 9.88 Å². The lowest BCUT2D eigenvalue weighted by molar-refractivity contribution is 0.0338. The number of rotatable bonds is 5. The summed E-state index contributed by atoms with van der Waals surface area (Å²) in [4.78, 5) is 20.2. The summed E-state index contributed by atoms with van der Waals surface area (Å²) in [6.07, 6.45) is 6.14. The number of aryl methyl sites for hydroxylation is 1. The van der Waals surface area contributed by atoms with Crippen LogP contribution in [0.25, 0.3) is 0 Å². The van der Waals surface area contributed by atoms with Gasteiger partial charge >= 0.3 is 0 Å². The summed E-state index contributed by atoms with van der Waals surface area (Å²) < 4.78 is 0. The van der Waals surface area contributed by atoms with Crippen LogP contribution in [0.3, 0.4) is 0 Å². The van der Waals surface area contributed by atoms with Crippen molar-refractivity contribution in [2.24, 2.45) is 0 Å². The molecular formula is C19H24N2O2S. The molecule has 128 valence electrons. The fourth-order valence-corrected chi connectivity index (χ4v) is 4.23. The molecule has 0 aliphatic heterocycles. The molecule has 1 N–H and O–H groups in total. The molecule has 1 aliphatic carbocycles. The van der Waals surface area contributed by atoms with E-state index in [1.54, 1.807) is 22.4 Å². The van der Waals surface area contributed by atoms with Gasteiger partial charge in [-0.05, 0) is 68.2 Å². The van der Waals surface area contributed by atoms with E-state index in [1.807, 2.05) is 32.0 Å². The van der Waals surface area contributed by atoms with E-state index in [-0.39, 0.29) is 12.5 Å². The van der Waals surface area contributed by atoms with E-state index in [9.17, 15) is 9.90 Å². The minimum atomic E-state index is -0.639. The Morgan fingerprint density at radius 3 is 2.83 bits per heavy atom. The Morgan fingerprint density at radius 2 is 2.12 bits per heavy atom. The first-order valence-electron chi connectivity index (χ1n) is 8.45. The van der Waals surface area contributed by atoms with E-state index >= 15 is 0 Å². The van der Waals surface area contributed by atoms with Gasteiger partial charge < -0.3 is 10.0 Å². The van der Waals surface area contributed by atoms with Gasteiger partial charge in [-0.15, -0.1) is 11.3 Å². The number of hydrogen-bond donors (Lipinski definition) is 1. The van der Waals surface area contributed by atoms with Crippen molar-refractivity contribution >= 4 is 17.2 Å². The van der Waals surface area contributed by atoms with Crippen molar-refractivity contribution < 1.29 is 9.90 Å². The number of carbonyl (C=O) groups excluding carboxylic acids is 1. The zero-order valence-electron chi connectivity index (χ0n) is 14.3. The minimum absolute atomic E-state index is 0.00727. The van der Waals surface area contributed by atoms with Crippen LogP contribution >= 0.6 is 11.3 Å². The number of nitrogens with zero attached hydrogens (tertiary/aromatic N) is 2. The van der Waals surface area contributed by atoms with Crippen LogP contribution in [-0.2, 0) is 19.4 Å². The Bertz CT molecular complexity index is 709. The quantitative estimate of drug-likeness (QED) is 0.904. The molecule has 0 saturated heterocycles. The van der Waals surface area contributed by atoms with Gasteiger partial charge in [0.15, 0.2) is 0 Å². The second-order valence-electron chi connectivity index (χ2n) is 6.96. The van der Waals surface area contributed by atoms with E-state index in [0.717, 1.165) is 29.8 Å². The average Bonchev–Trinajstić information content (AvgIpc) is 3.04. The van der Waals surface area contributed by atoms with Gasteiger partial charge in [0.05, 0.1) is 29.3 Å². The summed E-state index contributed by atoms with van der Waals surface area (Å²) in [6, 6.07) is 5.70. The Morgan fingerprint density at radius 1 is 1.33 bits per heavy atom. The molecule has 2 heterocycles. The normalized spacial score (nSPS) is 14.3. The molecule has 0 aromatic carbocycles. The molecule has 0 unspecified atom stereocenters. The van der Waals surface area contributed by atoms with E-state index in [4.69, 9.17) is 0 Å². The number of carbonyl (C=O) groups is 1. The van der Waals surface area contributed by atoms with Crippen LogP contribution in [0.15, 0.2) is 29.8 Å². The van der Waals surface area contributed by atoms with Gasteiger partial charge in [-0.25, -0.2) is 0 Å². The second-order valence-corrected chi connectivity index (χ2v) is 7.84. The zero-order valence-corrected chi connectivity index (χ0v) is 15.1. The highest BCUT2D eigenvalue weighted by molar-refractivity contribution is 7.12. The maximum absolute atomic E-state index is 13.3. The highest BCUT2D eigenvalue weighted by Gasteiger charge is 2.34. The van der Waals surface area contributed by atoms with Crippen molar-refractivity contribution in [3.63, 3.8) is 0 Å². The molecule has 0 bridgehead atoms. The molecule has 0 radical (unpaired) electrons. The number of thiophene rings is 1. The van der Waals surface area contributed by atoms with Crippen LogP contribution in [0, 0.1) is 0 Å². The molecule has 0 saturated carbocycles. The van der Waals surface area contributed by atoms with Crippen LogP contribution in [0.5, 0.6) is 0 Å². The number of amides is 1. The van der Waals surface area contributed by atoms with Crippen molar-refractivity contribution in [1.29, 1.82) is 0 Å². The zero-order chi connectivity index (χ0) is 17.2. The van der Waals surface area contributed by atoms with Crippen LogP contribution < -0.4 is 0 Å². The maximum atomic E-state index is 13.3. The summed E-state index contributed by atoms with van der Waals surface area (Å²) >= 11 is 1.55. The molecule has 1 aliphatic rings. The van der Waals surface area contributed by atoms with Gasteiger partial charge in [0.2, 0.25) is 0 Å². The van der Waals surface area contributed by atoms with Gasteiger partial charge in [0.25, 0.3) is 5.91 Å². The van der Waals surface area contributed by atoms with Crippen LogP contribution in [0.1, 0.15) is 53.2 Å². The number of fused-ring (bicyclic) bond motifs is 1. The predicted molar refractivity (Wildman–Crippen MR) is 96.2 cm³/mol. The van der Waals surface area contributed by atoms with Crippen LogP contribution in [0.4, 0.5) is 0 Å². The van der Waals surface area contributed by atoms with Crippen molar-refractivity contribution in [3.8, 4) is 0 Å². The van der Waals surface area contributed by atoms with Gasteiger partial charge in [-0.1, -0.05) is 6.07 Å². The van der Waals surface area contributed by atoms with E-state index in [2.05, 4.69) is 10.4 Å². The molecule has 1 amide bonds. The van der Waals surface area contributed by atoms with Crippen molar-refractivity contribution in [2.45, 2.75) is 51.6 Å².